The minimum atomic E-state index is -0.394. The van der Waals surface area contributed by atoms with Gasteiger partial charge in [0.25, 0.3) is 5.56 Å². The first-order chi connectivity index (χ1) is 12.2. The first kappa shape index (κ1) is 20.0. The predicted molar refractivity (Wildman–Crippen MR) is 104 cm³/mol. The molecule has 0 unspecified atom stereocenters. The van der Waals surface area contributed by atoms with Gasteiger partial charge in [0.05, 0.1) is 16.7 Å². The van der Waals surface area contributed by atoms with Gasteiger partial charge in [0.15, 0.2) is 10.9 Å². The van der Waals surface area contributed by atoms with Crippen molar-refractivity contribution in [2.75, 3.05) is 5.75 Å². The van der Waals surface area contributed by atoms with Gasteiger partial charge in [-0.15, -0.1) is 0 Å². The van der Waals surface area contributed by atoms with Gasteiger partial charge in [-0.3, -0.25) is 14.2 Å². The van der Waals surface area contributed by atoms with Crippen LogP contribution in [0, 0.1) is 17.2 Å². The van der Waals surface area contributed by atoms with Gasteiger partial charge in [0.2, 0.25) is 0 Å². The lowest BCUT2D eigenvalue weighted by Gasteiger charge is -2.14. The summed E-state index contributed by atoms with van der Waals surface area (Å²) >= 11 is 7.12. The number of aromatic nitrogens is 2. The minimum Gasteiger partial charge on any atom is -0.401 e. The van der Waals surface area contributed by atoms with E-state index in [0.717, 1.165) is 11.8 Å². The van der Waals surface area contributed by atoms with E-state index < -0.39 is 5.78 Å². The number of hydrogen-bond acceptors (Lipinski definition) is 6. The Balaban J connectivity index is 2.47. The first-order valence-corrected chi connectivity index (χ1v) is 9.33. The summed E-state index contributed by atoms with van der Waals surface area (Å²) in [5.41, 5.74) is 5.97. The van der Waals surface area contributed by atoms with Gasteiger partial charge in [-0.25, -0.2) is 4.98 Å². The van der Waals surface area contributed by atoms with E-state index in [9.17, 15) is 9.59 Å². The van der Waals surface area contributed by atoms with Crippen molar-refractivity contribution in [2.24, 2.45) is 11.7 Å². The number of fused-ring (bicyclic) bond motifs is 1. The standard InChI is InChI=1S/C18H19ClN4O2S/c1-10(2)8-23-17(25)13-5-4-12(19)6-15(13)22-18(23)26-9-16(24)14(7-20)11(3)21/h4-6,10H,8-9,21H2,1-3H3. The van der Waals surface area contributed by atoms with Crippen molar-refractivity contribution in [1.82, 2.24) is 9.55 Å². The molecule has 0 bridgehead atoms. The summed E-state index contributed by atoms with van der Waals surface area (Å²) in [7, 11) is 0. The molecule has 1 aromatic heterocycles. The lowest BCUT2D eigenvalue weighted by atomic mass is 10.2. The Labute approximate surface area is 160 Å². The van der Waals surface area contributed by atoms with Crippen molar-refractivity contribution in [3.63, 3.8) is 0 Å². The summed E-state index contributed by atoms with van der Waals surface area (Å²) in [5, 5.41) is 10.4. The molecule has 26 heavy (non-hydrogen) atoms. The normalized spacial score (nSPS) is 12.2. The molecule has 0 spiro atoms. The molecule has 0 fully saturated rings. The van der Waals surface area contributed by atoms with Crippen LogP contribution in [0.3, 0.4) is 0 Å². The zero-order valence-corrected chi connectivity index (χ0v) is 16.3. The van der Waals surface area contributed by atoms with Crippen LogP contribution < -0.4 is 11.3 Å². The number of allylic oxidation sites excluding steroid dienone is 2. The average Bonchev–Trinajstić information content (AvgIpc) is 2.55. The summed E-state index contributed by atoms with van der Waals surface area (Å²) in [5.74, 6) is -0.210. The zero-order chi connectivity index (χ0) is 19.4. The average molecular weight is 391 g/mol. The van der Waals surface area contributed by atoms with Crippen LogP contribution in [-0.2, 0) is 11.3 Å². The van der Waals surface area contributed by atoms with E-state index >= 15 is 0 Å². The smallest absolute Gasteiger partial charge is 0.262 e. The highest BCUT2D eigenvalue weighted by Crippen LogP contribution is 2.22. The number of nitrogens with two attached hydrogens (primary N) is 1. The predicted octanol–water partition coefficient (Wildman–Crippen LogP) is 3.12. The number of nitrogens with zero attached hydrogens (tertiary/aromatic N) is 3. The number of halogens is 1. The Hall–Kier alpha value is -2.30. The summed E-state index contributed by atoms with van der Waals surface area (Å²) in [6.45, 7) is 5.96. The van der Waals surface area contributed by atoms with Gasteiger partial charge in [0, 0.05) is 17.3 Å². The van der Waals surface area contributed by atoms with E-state index in [0.29, 0.717) is 27.6 Å². The molecule has 2 rings (SSSR count). The van der Waals surface area contributed by atoms with Gasteiger partial charge in [0.1, 0.15) is 11.6 Å². The summed E-state index contributed by atoms with van der Waals surface area (Å²) in [4.78, 5) is 29.6. The highest BCUT2D eigenvalue weighted by molar-refractivity contribution is 7.99. The molecule has 1 heterocycles. The number of hydrogen-bond donors (Lipinski definition) is 1. The van der Waals surface area contributed by atoms with Crippen LogP contribution in [-0.4, -0.2) is 21.1 Å². The molecule has 0 saturated carbocycles. The molecular formula is C18H19ClN4O2S. The van der Waals surface area contributed by atoms with Gasteiger partial charge in [-0.05, 0) is 31.0 Å². The maximum atomic E-state index is 12.8. The summed E-state index contributed by atoms with van der Waals surface area (Å²) in [6.07, 6.45) is 0. The topological polar surface area (TPSA) is 102 Å². The van der Waals surface area contributed by atoms with E-state index in [2.05, 4.69) is 4.98 Å². The maximum Gasteiger partial charge on any atom is 0.262 e. The second-order valence-electron chi connectivity index (χ2n) is 6.25. The Morgan fingerprint density at radius 3 is 2.73 bits per heavy atom. The molecule has 6 nitrogen and oxygen atoms in total. The van der Waals surface area contributed by atoms with Crippen LogP contribution in [0.25, 0.3) is 10.9 Å². The number of carbonyl (C=O) groups is 1. The van der Waals surface area contributed by atoms with Gasteiger partial charge < -0.3 is 5.73 Å². The summed E-state index contributed by atoms with van der Waals surface area (Å²) in [6, 6.07) is 6.74. The van der Waals surface area contributed by atoms with Crippen LogP contribution in [0.5, 0.6) is 0 Å². The molecule has 0 saturated heterocycles. The van der Waals surface area contributed by atoms with Crippen molar-refractivity contribution >= 4 is 40.0 Å². The molecule has 0 aliphatic carbocycles. The van der Waals surface area contributed by atoms with Crippen molar-refractivity contribution in [1.29, 1.82) is 5.26 Å². The molecule has 136 valence electrons. The molecule has 0 radical (unpaired) electrons. The highest BCUT2D eigenvalue weighted by atomic mass is 35.5. The number of rotatable bonds is 6. The number of carbonyl (C=O) groups excluding carboxylic acids is 1. The number of thioether (sulfide) groups is 1. The fraction of sp³-hybridized carbons (Fsp3) is 0.333. The molecule has 0 aliphatic heterocycles. The van der Waals surface area contributed by atoms with E-state index in [4.69, 9.17) is 22.6 Å². The highest BCUT2D eigenvalue weighted by Gasteiger charge is 2.17. The number of benzene rings is 1. The van der Waals surface area contributed by atoms with Crippen molar-refractivity contribution in [3.8, 4) is 6.07 Å². The largest absolute Gasteiger partial charge is 0.401 e. The Bertz CT molecular complexity index is 985. The van der Waals surface area contributed by atoms with Crippen LogP contribution in [0.1, 0.15) is 20.8 Å². The van der Waals surface area contributed by atoms with Crippen molar-refractivity contribution < 1.29 is 4.79 Å². The summed E-state index contributed by atoms with van der Waals surface area (Å²) < 4.78 is 1.56. The van der Waals surface area contributed by atoms with Crippen molar-refractivity contribution in [2.45, 2.75) is 32.5 Å². The number of Topliss-reactive ketones (excluding diaryl/α,β-unsaturated/α-hetero) is 1. The molecule has 2 aromatic rings. The third-order valence-electron chi connectivity index (χ3n) is 3.55. The number of ketones is 1. The quantitative estimate of drug-likeness (QED) is 0.352. The fourth-order valence-electron chi connectivity index (χ4n) is 2.38. The van der Waals surface area contributed by atoms with Gasteiger partial charge >= 0.3 is 0 Å². The molecule has 0 amide bonds. The van der Waals surface area contributed by atoms with Crippen LogP contribution in [0.4, 0.5) is 0 Å². The van der Waals surface area contributed by atoms with Crippen molar-refractivity contribution in [3.05, 3.63) is 44.8 Å². The Kier molecular flexibility index (Phi) is 6.46. The van der Waals surface area contributed by atoms with E-state index in [1.54, 1.807) is 22.8 Å². The minimum absolute atomic E-state index is 0.0337. The second kappa shape index (κ2) is 8.39. The Morgan fingerprint density at radius 1 is 1.46 bits per heavy atom. The maximum absolute atomic E-state index is 12.8. The van der Waals surface area contributed by atoms with Gasteiger partial charge in [-0.2, -0.15) is 5.26 Å². The van der Waals surface area contributed by atoms with Crippen LogP contribution in [0.15, 0.2) is 39.4 Å². The lowest BCUT2D eigenvalue weighted by Crippen LogP contribution is -2.26. The van der Waals surface area contributed by atoms with Crippen LogP contribution >= 0.6 is 23.4 Å². The first-order valence-electron chi connectivity index (χ1n) is 7.97. The third kappa shape index (κ3) is 4.45. The molecule has 8 heteroatoms. The third-order valence-corrected chi connectivity index (χ3v) is 4.76. The molecule has 0 aliphatic rings. The van der Waals surface area contributed by atoms with E-state index in [1.807, 2.05) is 19.9 Å². The van der Waals surface area contributed by atoms with E-state index in [1.165, 1.54) is 6.92 Å². The second-order valence-corrected chi connectivity index (χ2v) is 7.63. The van der Waals surface area contributed by atoms with Gasteiger partial charge in [-0.1, -0.05) is 37.2 Å². The fourth-order valence-corrected chi connectivity index (χ4v) is 3.43. The van der Waals surface area contributed by atoms with Crippen LogP contribution in [0.2, 0.25) is 5.02 Å². The molecule has 2 N–H and O–H groups in total. The zero-order valence-electron chi connectivity index (χ0n) is 14.7. The molecular weight excluding hydrogens is 372 g/mol. The molecule has 1 aromatic carbocycles. The monoisotopic (exact) mass is 390 g/mol. The lowest BCUT2D eigenvalue weighted by molar-refractivity contribution is -0.112. The SMILES string of the molecule is CC(N)=C(C#N)C(=O)CSc1nc2cc(Cl)ccc2c(=O)n1CC(C)C. The molecule has 0 atom stereocenters. The Morgan fingerprint density at radius 2 is 2.15 bits per heavy atom. The van der Waals surface area contributed by atoms with E-state index in [-0.39, 0.29) is 28.5 Å². The number of nitriles is 1.